The van der Waals surface area contributed by atoms with Crippen LogP contribution in [0.5, 0.6) is 0 Å². The molecule has 1 atom stereocenters. The van der Waals surface area contributed by atoms with E-state index in [1.165, 1.54) is 0 Å². The molecule has 0 spiro atoms. The maximum Gasteiger partial charge on any atom is 0.139 e. The smallest absolute Gasteiger partial charge is 0.139 e. The number of ketones is 1. The molecule has 2 rings (SSSR count). The first kappa shape index (κ1) is 12.7. The SMILES string of the molecule is O=C(Cc1ccc(Br)cc1)CC1CNCCO1. The predicted octanol–water partition coefficient (Wildman–Crippen LogP) is 1.94. The van der Waals surface area contributed by atoms with Crippen molar-refractivity contribution in [2.75, 3.05) is 19.7 Å². The van der Waals surface area contributed by atoms with Gasteiger partial charge >= 0.3 is 0 Å². The average molecular weight is 298 g/mol. The molecule has 1 fully saturated rings. The van der Waals surface area contributed by atoms with E-state index < -0.39 is 0 Å². The number of hydrogen-bond acceptors (Lipinski definition) is 3. The molecule has 0 radical (unpaired) electrons. The molecule has 1 aliphatic rings. The number of ether oxygens (including phenoxy) is 1. The predicted molar refractivity (Wildman–Crippen MR) is 70.1 cm³/mol. The molecule has 1 N–H and O–H groups in total. The van der Waals surface area contributed by atoms with Crippen LogP contribution >= 0.6 is 15.9 Å². The quantitative estimate of drug-likeness (QED) is 0.923. The Bertz CT molecular complexity index is 372. The normalized spacial score (nSPS) is 20.2. The van der Waals surface area contributed by atoms with E-state index in [-0.39, 0.29) is 11.9 Å². The van der Waals surface area contributed by atoms with E-state index >= 15 is 0 Å². The van der Waals surface area contributed by atoms with Crippen LogP contribution in [0.15, 0.2) is 28.7 Å². The molecule has 0 aromatic heterocycles. The number of morpholine rings is 1. The molecule has 1 heterocycles. The Hall–Kier alpha value is -0.710. The molecule has 0 amide bonds. The van der Waals surface area contributed by atoms with Crippen LogP contribution in [-0.4, -0.2) is 31.6 Å². The Morgan fingerprint density at radius 3 is 2.82 bits per heavy atom. The lowest BCUT2D eigenvalue weighted by Crippen LogP contribution is -2.39. The number of benzene rings is 1. The summed E-state index contributed by atoms with van der Waals surface area (Å²) in [6, 6.07) is 7.87. The van der Waals surface area contributed by atoms with Crippen LogP contribution in [0.25, 0.3) is 0 Å². The van der Waals surface area contributed by atoms with E-state index in [9.17, 15) is 4.79 Å². The summed E-state index contributed by atoms with van der Waals surface area (Å²) in [5.74, 6) is 0.237. The number of hydrogen-bond donors (Lipinski definition) is 1. The van der Waals surface area contributed by atoms with Gasteiger partial charge in [0.25, 0.3) is 0 Å². The minimum absolute atomic E-state index is 0.0479. The average Bonchev–Trinajstić information content (AvgIpc) is 2.33. The molecule has 0 saturated carbocycles. The Balaban J connectivity index is 1.82. The minimum Gasteiger partial charge on any atom is -0.375 e. The molecule has 17 heavy (non-hydrogen) atoms. The standard InChI is InChI=1S/C13H16BrNO2/c14-11-3-1-10(2-4-11)7-12(16)8-13-9-15-5-6-17-13/h1-4,13,15H,5-9H2. The first-order valence-corrected chi connectivity index (χ1v) is 6.62. The molecule has 4 heteroatoms. The fourth-order valence-corrected chi connectivity index (χ4v) is 2.17. The highest BCUT2D eigenvalue weighted by atomic mass is 79.9. The molecule has 92 valence electrons. The summed E-state index contributed by atoms with van der Waals surface area (Å²) >= 11 is 3.38. The van der Waals surface area contributed by atoms with Crippen molar-refractivity contribution in [2.45, 2.75) is 18.9 Å². The summed E-state index contributed by atoms with van der Waals surface area (Å²) in [7, 11) is 0. The molecule has 1 unspecified atom stereocenters. The zero-order valence-electron chi connectivity index (χ0n) is 9.62. The van der Waals surface area contributed by atoms with E-state index in [0.29, 0.717) is 19.4 Å². The van der Waals surface area contributed by atoms with Gasteiger partial charge in [-0.1, -0.05) is 28.1 Å². The van der Waals surface area contributed by atoms with Crippen LogP contribution in [0.2, 0.25) is 0 Å². The van der Waals surface area contributed by atoms with E-state index in [0.717, 1.165) is 23.1 Å². The number of Topliss-reactive ketones (excluding diaryl/α,β-unsaturated/α-hetero) is 1. The first-order valence-electron chi connectivity index (χ1n) is 5.82. The Morgan fingerprint density at radius 2 is 2.18 bits per heavy atom. The highest BCUT2D eigenvalue weighted by Gasteiger charge is 2.17. The zero-order valence-corrected chi connectivity index (χ0v) is 11.2. The summed E-state index contributed by atoms with van der Waals surface area (Å²) in [5.41, 5.74) is 1.06. The minimum atomic E-state index is 0.0479. The Morgan fingerprint density at radius 1 is 1.41 bits per heavy atom. The van der Waals surface area contributed by atoms with Crippen molar-refractivity contribution in [3.05, 3.63) is 34.3 Å². The molecule has 3 nitrogen and oxygen atoms in total. The molecule has 1 aliphatic heterocycles. The first-order chi connectivity index (χ1) is 8.24. The second kappa shape index (κ2) is 6.28. The van der Waals surface area contributed by atoms with Crippen LogP contribution < -0.4 is 5.32 Å². The van der Waals surface area contributed by atoms with Crippen LogP contribution in [0.4, 0.5) is 0 Å². The van der Waals surface area contributed by atoms with Gasteiger partial charge in [-0.25, -0.2) is 0 Å². The highest BCUT2D eigenvalue weighted by Crippen LogP contribution is 2.12. The van der Waals surface area contributed by atoms with Gasteiger partial charge < -0.3 is 10.1 Å². The fourth-order valence-electron chi connectivity index (χ4n) is 1.91. The number of nitrogens with one attached hydrogen (secondary N) is 1. The maximum absolute atomic E-state index is 11.8. The summed E-state index contributed by atoms with van der Waals surface area (Å²) in [6.45, 7) is 2.37. The summed E-state index contributed by atoms with van der Waals surface area (Å²) in [6.07, 6.45) is 1.04. The Labute approximate surface area is 110 Å². The van der Waals surface area contributed by atoms with Crippen molar-refractivity contribution < 1.29 is 9.53 Å². The Kier molecular flexibility index (Phi) is 4.71. The molecule has 1 aromatic carbocycles. The lowest BCUT2D eigenvalue weighted by Gasteiger charge is -2.22. The van der Waals surface area contributed by atoms with Gasteiger partial charge in [-0.05, 0) is 17.7 Å². The van der Waals surface area contributed by atoms with Gasteiger partial charge in [-0.3, -0.25) is 4.79 Å². The van der Waals surface area contributed by atoms with E-state index in [1.54, 1.807) is 0 Å². The van der Waals surface area contributed by atoms with E-state index in [2.05, 4.69) is 21.2 Å². The third kappa shape index (κ3) is 4.22. The molecule has 1 saturated heterocycles. The maximum atomic E-state index is 11.8. The number of rotatable bonds is 4. The molecule has 1 aromatic rings. The molecular formula is C13H16BrNO2. The molecule has 0 bridgehead atoms. The largest absolute Gasteiger partial charge is 0.375 e. The van der Waals surface area contributed by atoms with E-state index in [4.69, 9.17) is 4.74 Å². The third-order valence-electron chi connectivity index (χ3n) is 2.77. The van der Waals surface area contributed by atoms with E-state index in [1.807, 2.05) is 24.3 Å². The summed E-state index contributed by atoms with van der Waals surface area (Å²) < 4.78 is 6.55. The topological polar surface area (TPSA) is 38.3 Å². The van der Waals surface area contributed by atoms with Gasteiger partial charge in [0.2, 0.25) is 0 Å². The summed E-state index contributed by atoms with van der Waals surface area (Å²) in [4.78, 5) is 11.8. The second-order valence-electron chi connectivity index (χ2n) is 4.24. The van der Waals surface area contributed by atoms with Crippen LogP contribution in [-0.2, 0) is 16.0 Å². The van der Waals surface area contributed by atoms with Gasteiger partial charge in [0.15, 0.2) is 0 Å². The van der Waals surface area contributed by atoms with Gasteiger partial charge in [-0.15, -0.1) is 0 Å². The number of carbonyl (C=O) groups excluding carboxylic acids is 1. The third-order valence-corrected chi connectivity index (χ3v) is 3.30. The van der Waals surface area contributed by atoms with Crippen molar-refractivity contribution in [3.63, 3.8) is 0 Å². The van der Waals surface area contributed by atoms with Crippen LogP contribution in [0, 0.1) is 0 Å². The van der Waals surface area contributed by atoms with Crippen molar-refractivity contribution in [1.82, 2.24) is 5.32 Å². The van der Waals surface area contributed by atoms with Crippen molar-refractivity contribution in [2.24, 2.45) is 0 Å². The number of carbonyl (C=O) groups is 1. The van der Waals surface area contributed by atoms with Crippen molar-refractivity contribution in [1.29, 1.82) is 0 Å². The highest BCUT2D eigenvalue weighted by molar-refractivity contribution is 9.10. The monoisotopic (exact) mass is 297 g/mol. The van der Waals surface area contributed by atoms with Crippen molar-refractivity contribution in [3.8, 4) is 0 Å². The van der Waals surface area contributed by atoms with Gasteiger partial charge in [0.05, 0.1) is 12.7 Å². The van der Waals surface area contributed by atoms with Crippen LogP contribution in [0.3, 0.4) is 0 Å². The van der Waals surface area contributed by atoms with Crippen LogP contribution in [0.1, 0.15) is 12.0 Å². The van der Waals surface area contributed by atoms with Gasteiger partial charge in [-0.2, -0.15) is 0 Å². The fraction of sp³-hybridized carbons (Fsp3) is 0.462. The zero-order chi connectivity index (χ0) is 12.1. The lowest BCUT2D eigenvalue weighted by atomic mass is 10.0. The van der Waals surface area contributed by atoms with Gasteiger partial charge in [0.1, 0.15) is 5.78 Å². The molecular weight excluding hydrogens is 282 g/mol. The molecule has 0 aliphatic carbocycles. The second-order valence-corrected chi connectivity index (χ2v) is 5.16. The summed E-state index contributed by atoms with van der Waals surface area (Å²) in [5, 5.41) is 3.23. The number of halogens is 1. The van der Waals surface area contributed by atoms with Gasteiger partial charge in [0, 0.05) is 30.4 Å². The lowest BCUT2D eigenvalue weighted by molar-refractivity contribution is -0.121. The van der Waals surface area contributed by atoms with Crippen molar-refractivity contribution >= 4 is 21.7 Å².